The molecule has 0 bridgehead atoms. The topological polar surface area (TPSA) is 55.8 Å². The van der Waals surface area contributed by atoms with Gasteiger partial charge in [-0.25, -0.2) is 4.79 Å². The fraction of sp³-hybridized carbons (Fsp3) is 0.417. The van der Waals surface area contributed by atoms with E-state index in [4.69, 9.17) is 9.47 Å². The number of carbonyl (C=O) groups is 1. The van der Waals surface area contributed by atoms with Crippen LogP contribution in [0.2, 0.25) is 0 Å². The average Bonchev–Trinajstić information content (AvgIpc) is 2.27. The summed E-state index contributed by atoms with van der Waals surface area (Å²) in [4.78, 5) is 11.4. The predicted octanol–water partition coefficient (Wildman–Crippen LogP) is 1.68. The zero-order valence-electron chi connectivity index (χ0n) is 9.64. The fourth-order valence-corrected chi connectivity index (χ4v) is 1.22. The van der Waals surface area contributed by atoms with Gasteiger partial charge in [0.25, 0.3) is 0 Å². The lowest BCUT2D eigenvalue weighted by Crippen LogP contribution is -2.19. The molecule has 0 aromatic heterocycles. The van der Waals surface area contributed by atoms with Gasteiger partial charge in [-0.2, -0.15) is 0 Å². The molecule has 4 nitrogen and oxygen atoms in total. The van der Waals surface area contributed by atoms with E-state index in [9.17, 15) is 9.90 Å². The van der Waals surface area contributed by atoms with Crippen molar-refractivity contribution in [3.05, 3.63) is 29.8 Å². The number of rotatable bonds is 4. The van der Waals surface area contributed by atoms with Gasteiger partial charge >= 0.3 is 5.97 Å². The van der Waals surface area contributed by atoms with E-state index in [1.165, 1.54) is 0 Å². The number of ether oxygens (including phenoxy) is 2. The van der Waals surface area contributed by atoms with Crippen LogP contribution in [-0.4, -0.2) is 24.3 Å². The number of aliphatic hydroxyl groups excluding tert-OH is 1. The molecular formula is C12H16O4. The maximum absolute atomic E-state index is 11.4. The number of benzene rings is 1. The smallest absolute Gasteiger partial charge is 0.339 e. The molecule has 1 aromatic carbocycles. The van der Waals surface area contributed by atoms with Gasteiger partial charge in [0.2, 0.25) is 0 Å². The third-order valence-electron chi connectivity index (χ3n) is 2.01. The van der Waals surface area contributed by atoms with Crippen LogP contribution >= 0.6 is 0 Å². The highest BCUT2D eigenvalue weighted by atomic mass is 16.6. The molecule has 1 rings (SSSR count). The second-order valence-electron chi connectivity index (χ2n) is 3.66. The summed E-state index contributed by atoms with van der Waals surface area (Å²) >= 11 is 0. The Balaban J connectivity index is 2.72. The Morgan fingerprint density at radius 3 is 2.25 bits per heavy atom. The molecule has 0 aliphatic rings. The van der Waals surface area contributed by atoms with Crippen LogP contribution in [0.15, 0.2) is 24.3 Å². The molecule has 0 saturated carbocycles. The van der Waals surface area contributed by atoms with E-state index in [1.807, 2.05) is 0 Å². The van der Waals surface area contributed by atoms with E-state index < -0.39 is 12.1 Å². The van der Waals surface area contributed by atoms with Crippen LogP contribution in [0.25, 0.3) is 0 Å². The van der Waals surface area contributed by atoms with Crippen molar-refractivity contribution in [2.45, 2.75) is 26.1 Å². The third kappa shape index (κ3) is 3.24. The van der Waals surface area contributed by atoms with E-state index in [0.29, 0.717) is 11.3 Å². The number of carbonyl (C=O) groups excluding carboxylic acids is 1. The Kier molecular flexibility index (Phi) is 4.31. The summed E-state index contributed by atoms with van der Waals surface area (Å²) in [7, 11) is 1.55. The van der Waals surface area contributed by atoms with E-state index in [1.54, 1.807) is 45.2 Å². The van der Waals surface area contributed by atoms with Gasteiger partial charge in [-0.15, -0.1) is 0 Å². The fourth-order valence-electron chi connectivity index (χ4n) is 1.22. The highest BCUT2D eigenvalue weighted by molar-refractivity contribution is 5.76. The first-order chi connectivity index (χ1) is 7.54. The highest BCUT2D eigenvalue weighted by Gasteiger charge is 2.19. The second kappa shape index (κ2) is 5.51. The minimum atomic E-state index is -1.24. The largest absolute Gasteiger partial charge is 0.497 e. The van der Waals surface area contributed by atoms with Crippen molar-refractivity contribution in [3.63, 3.8) is 0 Å². The summed E-state index contributed by atoms with van der Waals surface area (Å²) < 4.78 is 9.88. The van der Waals surface area contributed by atoms with Crippen molar-refractivity contribution >= 4 is 5.97 Å². The van der Waals surface area contributed by atoms with E-state index in [-0.39, 0.29) is 6.10 Å². The summed E-state index contributed by atoms with van der Waals surface area (Å²) in [5.74, 6) is 0.0355. The van der Waals surface area contributed by atoms with Gasteiger partial charge in [-0.05, 0) is 31.5 Å². The summed E-state index contributed by atoms with van der Waals surface area (Å²) in [6.45, 7) is 3.47. The van der Waals surface area contributed by atoms with Gasteiger partial charge in [0.05, 0.1) is 13.2 Å². The number of aliphatic hydroxyl groups is 1. The van der Waals surface area contributed by atoms with Crippen LogP contribution in [0.4, 0.5) is 0 Å². The number of hydrogen-bond acceptors (Lipinski definition) is 4. The summed E-state index contributed by atoms with van der Waals surface area (Å²) in [5, 5.41) is 9.69. The Labute approximate surface area is 94.8 Å². The quantitative estimate of drug-likeness (QED) is 0.790. The van der Waals surface area contributed by atoms with Crippen molar-refractivity contribution in [3.8, 4) is 5.75 Å². The van der Waals surface area contributed by atoms with Gasteiger partial charge in [0.15, 0.2) is 6.10 Å². The third-order valence-corrected chi connectivity index (χ3v) is 2.01. The van der Waals surface area contributed by atoms with E-state index >= 15 is 0 Å². The first-order valence-electron chi connectivity index (χ1n) is 5.07. The minimum Gasteiger partial charge on any atom is -0.497 e. The van der Waals surface area contributed by atoms with E-state index in [0.717, 1.165) is 0 Å². The molecule has 0 aliphatic carbocycles. The standard InChI is InChI=1S/C12H16O4/c1-8(2)16-12(14)11(13)9-4-6-10(15-3)7-5-9/h4-8,11,13H,1-3H3/t11-/m1/s1. The average molecular weight is 224 g/mol. The van der Waals surface area contributed by atoms with Gasteiger partial charge in [-0.3, -0.25) is 0 Å². The maximum Gasteiger partial charge on any atom is 0.339 e. The summed E-state index contributed by atoms with van der Waals surface area (Å²) in [5.41, 5.74) is 0.492. The molecule has 1 N–H and O–H groups in total. The first-order valence-corrected chi connectivity index (χ1v) is 5.07. The second-order valence-corrected chi connectivity index (χ2v) is 3.66. The van der Waals surface area contributed by atoms with Crippen molar-refractivity contribution in [1.82, 2.24) is 0 Å². The lowest BCUT2D eigenvalue weighted by molar-refractivity contribution is -0.157. The van der Waals surface area contributed by atoms with Crippen molar-refractivity contribution in [2.24, 2.45) is 0 Å². The molecule has 0 amide bonds. The van der Waals surface area contributed by atoms with Gasteiger partial charge in [-0.1, -0.05) is 12.1 Å². The molecule has 88 valence electrons. The SMILES string of the molecule is COc1ccc([C@@H](O)C(=O)OC(C)C)cc1. The van der Waals surface area contributed by atoms with Crippen LogP contribution in [0.3, 0.4) is 0 Å². The Morgan fingerprint density at radius 2 is 1.81 bits per heavy atom. The van der Waals surface area contributed by atoms with Crippen molar-refractivity contribution in [1.29, 1.82) is 0 Å². The van der Waals surface area contributed by atoms with Crippen LogP contribution in [0, 0.1) is 0 Å². The molecule has 4 heteroatoms. The molecule has 0 aliphatic heterocycles. The lowest BCUT2D eigenvalue weighted by Gasteiger charge is -2.13. The first kappa shape index (κ1) is 12.5. The molecule has 0 spiro atoms. The molecule has 0 radical (unpaired) electrons. The molecule has 0 fully saturated rings. The van der Waals surface area contributed by atoms with E-state index in [2.05, 4.69) is 0 Å². The molecule has 0 unspecified atom stereocenters. The normalized spacial score (nSPS) is 12.3. The van der Waals surface area contributed by atoms with Crippen LogP contribution in [0.1, 0.15) is 25.5 Å². The zero-order valence-corrected chi connectivity index (χ0v) is 9.64. The molecule has 1 aromatic rings. The maximum atomic E-state index is 11.4. The Hall–Kier alpha value is -1.55. The highest BCUT2D eigenvalue weighted by Crippen LogP contribution is 2.18. The molecule has 16 heavy (non-hydrogen) atoms. The monoisotopic (exact) mass is 224 g/mol. The molecule has 1 atom stereocenters. The Morgan fingerprint density at radius 1 is 1.25 bits per heavy atom. The summed E-state index contributed by atoms with van der Waals surface area (Å²) in [6.07, 6.45) is -1.48. The van der Waals surface area contributed by atoms with Crippen LogP contribution in [-0.2, 0) is 9.53 Å². The zero-order chi connectivity index (χ0) is 12.1. The minimum absolute atomic E-state index is 0.236. The molecule has 0 saturated heterocycles. The molecule has 0 heterocycles. The van der Waals surface area contributed by atoms with Crippen molar-refractivity contribution < 1.29 is 19.4 Å². The van der Waals surface area contributed by atoms with Gasteiger partial charge in [0, 0.05) is 0 Å². The van der Waals surface area contributed by atoms with Gasteiger partial charge < -0.3 is 14.6 Å². The van der Waals surface area contributed by atoms with Crippen molar-refractivity contribution in [2.75, 3.05) is 7.11 Å². The summed E-state index contributed by atoms with van der Waals surface area (Å²) in [6, 6.07) is 6.62. The number of hydrogen-bond donors (Lipinski definition) is 1. The number of methoxy groups -OCH3 is 1. The predicted molar refractivity (Wildman–Crippen MR) is 59.2 cm³/mol. The molecular weight excluding hydrogens is 208 g/mol. The lowest BCUT2D eigenvalue weighted by atomic mass is 10.1. The Bertz CT molecular complexity index is 343. The van der Waals surface area contributed by atoms with Crippen LogP contribution < -0.4 is 4.74 Å². The van der Waals surface area contributed by atoms with Gasteiger partial charge in [0.1, 0.15) is 5.75 Å². The van der Waals surface area contributed by atoms with Crippen LogP contribution in [0.5, 0.6) is 5.75 Å². The number of esters is 1.